The summed E-state index contributed by atoms with van der Waals surface area (Å²) in [6, 6.07) is 0. The lowest BCUT2D eigenvalue weighted by Gasteiger charge is -2.17. The number of thiophene rings is 1. The quantitative estimate of drug-likeness (QED) is 0.728. The zero-order valence-electron chi connectivity index (χ0n) is 13.5. The second-order valence-electron chi connectivity index (χ2n) is 6.24. The molecule has 0 saturated carbocycles. The Morgan fingerprint density at radius 3 is 3.26 bits per heavy atom. The number of aromatic nitrogens is 4. The van der Waals surface area contributed by atoms with E-state index in [2.05, 4.69) is 22.3 Å². The largest absolute Gasteiger partial charge is 0.385 e. The van der Waals surface area contributed by atoms with Gasteiger partial charge in [0.05, 0.1) is 5.39 Å². The summed E-state index contributed by atoms with van der Waals surface area (Å²) < 4.78 is 6.93. The van der Waals surface area contributed by atoms with Gasteiger partial charge in [0.2, 0.25) is 5.95 Å². The van der Waals surface area contributed by atoms with Crippen LogP contribution in [0.4, 0.5) is 5.95 Å². The smallest absolute Gasteiger partial charge is 0.227 e. The molecular weight excluding hydrogens is 310 g/mol. The van der Waals surface area contributed by atoms with Crippen LogP contribution in [-0.2, 0) is 17.6 Å². The molecule has 3 aromatic heterocycles. The van der Waals surface area contributed by atoms with Gasteiger partial charge in [-0.2, -0.15) is 9.61 Å². The highest BCUT2D eigenvalue weighted by Crippen LogP contribution is 2.39. The number of methoxy groups -OCH3 is 1. The minimum Gasteiger partial charge on any atom is -0.385 e. The molecule has 0 aromatic carbocycles. The standard InChI is InChI=1S/C16H21N5OS/c1-10-4-5-12-11(8-10)13-14-18-9-19-21(14)16(20-15(13)23-12)17-6-3-7-22-2/h9-10H,3-8H2,1-2H3,(H,17,20)/t10-/m0/s1. The Kier molecular flexibility index (Phi) is 3.90. The summed E-state index contributed by atoms with van der Waals surface area (Å²) in [7, 11) is 1.72. The maximum atomic E-state index is 5.09. The van der Waals surface area contributed by atoms with Crippen LogP contribution in [0.2, 0.25) is 0 Å². The Morgan fingerprint density at radius 1 is 1.48 bits per heavy atom. The zero-order chi connectivity index (χ0) is 15.8. The van der Waals surface area contributed by atoms with Gasteiger partial charge in [0, 0.05) is 25.1 Å². The van der Waals surface area contributed by atoms with Crippen molar-refractivity contribution in [3.63, 3.8) is 0 Å². The van der Waals surface area contributed by atoms with Crippen LogP contribution in [0.25, 0.3) is 15.9 Å². The Bertz CT molecular complexity index is 840. The number of fused-ring (bicyclic) bond motifs is 5. The van der Waals surface area contributed by atoms with Crippen molar-refractivity contribution in [3.05, 3.63) is 16.8 Å². The summed E-state index contributed by atoms with van der Waals surface area (Å²) >= 11 is 1.82. The highest BCUT2D eigenvalue weighted by molar-refractivity contribution is 7.19. The molecule has 0 saturated heterocycles. The molecule has 0 amide bonds. The molecule has 122 valence electrons. The van der Waals surface area contributed by atoms with E-state index >= 15 is 0 Å². The zero-order valence-corrected chi connectivity index (χ0v) is 14.3. The van der Waals surface area contributed by atoms with Crippen LogP contribution in [0.15, 0.2) is 6.33 Å². The topological polar surface area (TPSA) is 64.3 Å². The Labute approximate surface area is 138 Å². The second-order valence-corrected chi connectivity index (χ2v) is 7.32. The van der Waals surface area contributed by atoms with E-state index in [0.29, 0.717) is 0 Å². The van der Waals surface area contributed by atoms with E-state index in [1.54, 1.807) is 13.4 Å². The number of nitrogens with zero attached hydrogens (tertiary/aromatic N) is 4. The fraction of sp³-hybridized carbons (Fsp3) is 0.562. The van der Waals surface area contributed by atoms with E-state index in [9.17, 15) is 0 Å². The molecule has 1 atom stereocenters. The van der Waals surface area contributed by atoms with Crippen LogP contribution >= 0.6 is 11.3 Å². The lowest BCUT2D eigenvalue weighted by molar-refractivity contribution is 0.197. The van der Waals surface area contributed by atoms with E-state index in [-0.39, 0.29) is 0 Å². The molecule has 1 aliphatic rings. The van der Waals surface area contributed by atoms with Crippen LogP contribution < -0.4 is 5.32 Å². The van der Waals surface area contributed by atoms with Gasteiger partial charge in [0.1, 0.15) is 11.2 Å². The van der Waals surface area contributed by atoms with Crippen molar-refractivity contribution in [2.24, 2.45) is 5.92 Å². The van der Waals surface area contributed by atoms with Crippen LogP contribution in [0.1, 0.15) is 30.2 Å². The third-order valence-electron chi connectivity index (χ3n) is 4.48. The molecule has 0 unspecified atom stereocenters. The number of aryl methyl sites for hydroxylation is 1. The minimum atomic E-state index is 0.732. The normalized spacial score (nSPS) is 17.7. The molecule has 23 heavy (non-hydrogen) atoms. The molecule has 3 aromatic rings. The number of hydrogen-bond acceptors (Lipinski definition) is 6. The van der Waals surface area contributed by atoms with Gasteiger partial charge in [-0.15, -0.1) is 11.3 Å². The van der Waals surface area contributed by atoms with Gasteiger partial charge < -0.3 is 10.1 Å². The average molecular weight is 331 g/mol. The Morgan fingerprint density at radius 2 is 2.39 bits per heavy atom. The van der Waals surface area contributed by atoms with Gasteiger partial charge in [-0.3, -0.25) is 0 Å². The molecule has 7 heteroatoms. The van der Waals surface area contributed by atoms with Crippen molar-refractivity contribution < 1.29 is 4.74 Å². The first-order valence-electron chi connectivity index (χ1n) is 8.14. The van der Waals surface area contributed by atoms with Gasteiger partial charge in [-0.1, -0.05) is 6.92 Å². The molecular formula is C16H21N5OS. The molecule has 0 aliphatic heterocycles. The van der Waals surface area contributed by atoms with Gasteiger partial charge in [-0.05, 0) is 37.2 Å². The summed E-state index contributed by atoms with van der Waals surface area (Å²) in [5, 5.41) is 8.94. The van der Waals surface area contributed by atoms with Crippen molar-refractivity contribution in [1.29, 1.82) is 0 Å². The molecule has 1 N–H and O–H groups in total. The molecule has 0 bridgehead atoms. The summed E-state index contributed by atoms with van der Waals surface area (Å²) in [5.41, 5.74) is 2.37. The summed E-state index contributed by atoms with van der Waals surface area (Å²) in [6.07, 6.45) is 6.11. The Hall–Kier alpha value is -1.73. The third-order valence-corrected chi connectivity index (χ3v) is 5.66. The van der Waals surface area contributed by atoms with Crippen molar-refractivity contribution in [3.8, 4) is 0 Å². The van der Waals surface area contributed by atoms with Gasteiger partial charge in [0.15, 0.2) is 5.65 Å². The van der Waals surface area contributed by atoms with Crippen molar-refractivity contribution >= 4 is 33.1 Å². The van der Waals surface area contributed by atoms with Crippen LogP contribution in [0, 0.1) is 5.92 Å². The first-order chi connectivity index (χ1) is 11.3. The van der Waals surface area contributed by atoms with E-state index in [0.717, 1.165) is 54.8 Å². The molecule has 3 heterocycles. The van der Waals surface area contributed by atoms with E-state index in [4.69, 9.17) is 9.72 Å². The van der Waals surface area contributed by atoms with E-state index < -0.39 is 0 Å². The predicted octanol–water partition coefficient (Wildman–Crippen LogP) is 2.91. The lowest BCUT2D eigenvalue weighted by Crippen LogP contribution is -2.11. The van der Waals surface area contributed by atoms with Crippen molar-refractivity contribution in [2.75, 3.05) is 25.6 Å². The average Bonchev–Trinajstić information content (AvgIpc) is 3.15. The van der Waals surface area contributed by atoms with Crippen LogP contribution in [0.3, 0.4) is 0 Å². The molecule has 4 rings (SSSR count). The highest BCUT2D eigenvalue weighted by Gasteiger charge is 2.24. The summed E-state index contributed by atoms with van der Waals surface area (Å²) in [4.78, 5) is 11.9. The fourth-order valence-electron chi connectivity index (χ4n) is 3.29. The van der Waals surface area contributed by atoms with E-state index in [1.165, 1.54) is 22.2 Å². The van der Waals surface area contributed by atoms with Gasteiger partial charge in [0.25, 0.3) is 0 Å². The molecule has 0 spiro atoms. The molecule has 0 fully saturated rings. The van der Waals surface area contributed by atoms with Gasteiger partial charge in [-0.25, -0.2) is 9.97 Å². The van der Waals surface area contributed by atoms with Crippen molar-refractivity contribution in [1.82, 2.24) is 19.6 Å². The van der Waals surface area contributed by atoms with Crippen LogP contribution in [-0.4, -0.2) is 39.8 Å². The first kappa shape index (κ1) is 14.8. The minimum absolute atomic E-state index is 0.732. The monoisotopic (exact) mass is 331 g/mol. The number of ether oxygens (including phenoxy) is 1. The highest BCUT2D eigenvalue weighted by atomic mass is 32.1. The number of rotatable bonds is 5. The predicted molar refractivity (Wildman–Crippen MR) is 92.3 cm³/mol. The van der Waals surface area contributed by atoms with E-state index in [1.807, 2.05) is 15.9 Å². The maximum absolute atomic E-state index is 5.09. The second kappa shape index (κ2) is 6.05. The maximum Gasteiger partial charge on any atom is 0.227 e. The van der Waals surface area contributed by atoms with Gasteiger partial charge >= 0.3 is 0 Å². The molecule has 1 aliphatic carbocycles. The van der Waals surface area contributed by atoms with Crippen LogP contribution in [0.5, 0.6) is 0 Å². The third kappa shape index (κ3) is 2.57. The summed E-state index contributed by atoms with van der Waals surface area (Å²) in [6.45, 7) is 3.87. The first-order valence-corrected chi connectivity index (χ1v) is 8.96. The SMILES string of the molecule is COCCCNc1nc2sc3c(c2c2ncnn12)C[C@@H](C)CC3. The lowest BCUT2D eigenvalue weighted by atomic mass is 9.89. The Balaban J connectivity index is 1.78. The van der Waals surface area contributed by atoms with Crippen molar-refractivity contribution in [2.45, 2.75) is 32.6 Å². The molecule has 6 nitrogen and oxygen atoms in total. The number of anilines is 1. The number of hydrogen-bond donors (Lipinski definition) is 1. The molecule has 0 radical (unpaired) electrons. The summed E-state index contributed by atoms with van der Waals surface area (Å²) in [5.74, 6) is 1.50. The fourth-order valence-corrected chi connectivity index (χ4v) is 4.51. The number of nitrogens with one attached hydrogen (secondary N) is 1.